The maximum atomic E-state index is 12.6. The Kier molecular flexibility index (Phi) is 3.83. The van der Waals surface area contributed by atoms with Gasteiger partial charge in [0.1, 0.15) is 5.75 Å². The number of nitrogens with zero attached hydrogens (tertiary/aromatic N) is 2. The molecule has 0 spiro atoms. The molecule has 2 aromatic carbocycles. The predicted molar refractivity (Wildman–Crippen MR) is 91.7 cm³/mol. The summed E-state index contributed by atoms with van der Waals surface area (Å²) in [5, 5.41) is 0. The lowest BCUT2D eigenvalue weighted by atomic mass is 10.2. The van der Waals surface area contributed by atoms with E-state index in [9.17, 15) is 4.79 Å². The van der Waals surface area contributed by atoms with Gasteiger partial charge in [0.15, 0.2) is 0 Å². The van der Waals surface area contributed by atoms with Gasteiger partial charge in [-0.05, 0) is 58.2 Å². The number of methoxy groups -OCH3 is 1. The van der Waals surface area contributed by atoms with Gasteiger partial charge in [-0.25, -0.2) is 4.79 Å². The van der Waals surface area contributed by atoms with E-state index < -0.39 is 0 Å². The van der Waals surface area contributed by atoms with E-state index in [1.807, 2.05) is 43.3 Å². The van der Waals surface area contributed by atoms with Crippen LogP contribution >= 0.6 is 15.9 Å². The molecule has 3 aromatic rings. The van der Waals surface area contributed by atoms with Crippen molar-refractivity contribution in [2.24, 2.45) is 7.05 Å². The zero-order chi connectivity index (χ0) is 15.9. The Bertz CT molecular complexity index is 892. The summed E-state index contributed by atoms with van der Waals surface area (Å²) >= 11 is 3.59. The van der Waals surface area contributed by atoms with Crippen molar-refractivity contribution >= 4 is 27.0 Å². The van der Waals surface area contributed by atoms with Crippen molar-refractivity contribution < 1.29 is 4.74 Å². The van der Waals surface area contributed by atoms with Crippen LogP contribution in [0.3, 0.4) is 0 Å². The van der Waals surface area contributed by atoms with Gasteiger partial charge in [0.25, 0.3) is 0 Å². The molecule has 0 bridgehead atoms. The van der Waals surface area contributed by atoms with Crippen LogP contribution in [-0.4, -0.2) is 16.2 Å². The van der Waals surface area contributed by atoms with Crippen molar-refractivity contribution in [3.05, 3.63) is 62.5 Å². The molecule has 0 unspecified atom stereocenters. The molecule has 114 valence electrons. The summed E-state index contributed by atoms with van der Waals surface area (Å²) in [5.41, 5.74) is 4.02. The highest BCUT2D eigenvalue weighted by atomic mass is 79.9. The number of aryl methyl sites for hydroxylation is 2. The van der Waals surface area contributed by atoms with Crippen LogP contribution < -0.4 is 10.4 Å². The minimum absolute atomic E-state index is 0.0166. The molecule has 0 radical (unpaired) electrons. The Hall–Kier alpha value is -2.01. The van der Waals surface area contributed by atoms with Crippen molar-refractivity contribution in [3.8, 4) is 5.75 Å². The maximum Gasteiger partial charge on any atom is 0.329 e. The summed E-state index contributed by atoms with van der Waals surface area (Å²) in [6.07, 6.45) is 0. The third-order valence-electron chi connectivity index (χ3n) is 3.84. The fourth-order valence-corrected chi connectivity index (χ4v) is 3.46. The lowest BCUT2D eigenvalue weighted by Crippen LogP contribution is -2.22. The van der Waals surface area contributed by atoms with E-state index in [2.05, 4.69) is 15.9 Å². The third-order valence-corrected chi connectivity index (χ3v) is 4.44. The Labute approximate surface area is 137 Å². The second kappa shape index (κ2) is 5.65. The van der Waals surface area contributed by atoms with Gasteiger partial charge in [-0.2, -0.15) is 0 Å². The molecule has 3 rings (SSSR count). The minimum atomic E-state index is -0.0166. The van der Waals surface area contributed by atoms with Crippen molar-refractivity contribution in [2.45, 2.75) is 13.5 Å². The van der Waals surface area contributed by atoms with E-state index in [-0.39, 0.29) is 5.69 Å². The molecule has 1 heterocycles. The molecule has 0 saturated heterocycles. The molecule has 0 aliphatic rings. The molecule has 5 heteroatoms. The highest BCUT2D eigenvalue weighted by molar-refractivity contribution is 9.10. The van der Waals surface area contributed by atoms with Crippen LogP contribution in [0.15, 0.2) is 45.7 Å². The molecular weight excluding hydrogens is 344 g/mol. The summed E-state index contributed by atoms with van der Waals surface area (Å²) in [4.78, 5) is 12.6. The van der Waals surface area contributed by atoms with Crippen LogP contribution in [0.5, 0.6) is 5.75 Å². The van der Waals surface area contributed by atoms with Gasteiger partial charge in [0.2, 0.25) is 0 Å². The first-order valence-corrected chi connectivity index (χ1v) is 7.79. The molecule has 0 aliphatic carbocycles. The van der Waals surface area contributed by atoms with E-state index in [1.165, 1.54) is 0 Å². The van der Waals surface area contributed by atoms with Crippen molar-refractivity contribution in [1.29, 1.82) is 0 Å². The summed E-state index contributed by atoms with van der Waals surface area (Å²) in [6, 6.07) is 11.8. The first-order chi connectivity index (χ1) is 10.5. The minimum Gasteiger partial charge on any atom is -0.497 e. The second-order valence-electron chi connectivity index (χ2n) is 5.39. The fourth-order valence-electron chi connectivity index (χ4n) is 2.68. The second-order valence-corrected chi connectivity index (χ2v) is 6.24. The largest absolute Gasteiger partial charge is 0.497 e. The normalized spacial score (nSPS) is 11.1. The number of halogens is 1. The summed E-state index contributed by atoms with van der Waals surface area (Å²) < 4.78 is 9.59. The van der Waals surface area contributed by atoms with Gasteiger partial charge in [-0.15, -0.1) is 0 Å². The van der Waals surface area contributed by atoms with E-state index in [1.54, 1.807) is 23.3 Å². The molecule has 0 saturated carbocycles. The van der Waals surface area contributed by atoms with Crippen LogP contribution in [0.25, 0.3) is 11.0 Å². The smallest absolute Gasteiger partial charge is 0.329 e. The molecular formula is C17H17BrN2O2. The van der Waals surface area contributed by atoms with E-state index >= 15 is 0 Å². The summed E-state index contributed by atoms with van der Waals surface area (Å²) in [7, 11) is 3.45. The van der Waals surface area contributed by atoms with E-state index in [4.69, 9.17) is 4.74 Å². The Balaban J connectivity index is 2.14. The lowest BCUT2D eigenvalue weighted by Gasteiger charge is -2.07. The number of ether oxygens (including phenoxy) is 1. The number of aromatic nitrogens is 2. The van der Waals surface area contributed by atoms with Gasteiger partial charge in [-0.1, -0.05) is 12.1 Å². The predicted octanol–water partition coefficient (Wildman–Crippen LogP) is 3.47. The molecule has 4 nitrogen and oxygen atoms in total. The number of hydrogen-bond donors (Lipinski definition) is 0. The quantitative estimate of drug-likeness (QED) is 0.716. The fraction of sp³-hybridized carbons (Fsp3) is 0.235. The van der Waals surface area contributed by atoms with Crippen LogP contribution in [0, 0.1) is 6.92 Å². The SMILES string of the molecule is COc1ccc(Cn2c(=O)n(C)c3cc(C)cc(Br)c32)cc1. The molecule has 0 fully saturated rings. The number of benzene rings is 2. The molecule has 22 heavy (non-hydrogen) atoms. The van der Waals surface area contributed by atoms with E-state index in [0.29, 0.717) is 6.54 Å². The highest BCUT2D eigenvalue weighted by Crippen LogP contribution is 2.25. The monoisotopic (exact) mass is 360 g/mol. The molecule has 0 aliphatic heterocycles. The summed E-state index contributed by atoms with van der Waals surface area (Å²) in [5.74, 6) is 0.811. The van der Waals surface area contributed by atoms with Crippen LogP contribution in [0.1, 0.15) is 11.1 Å². The lowest BCUT2D eigenvalue weighted by molar-refractivity contribution is 0.414. The van der Waals surface area contributed by atoms with Crippen LogP contribution in [0.2, 0.25) is 0 Å². The van der Waals surface area contributed by atoms with Crippen molar-refractivity contribution in [1.82, 2.24) is 9.13 Å². The molecule has 0 N–H and O–H groups in total. The standard InChI is InChI=1S/C17H17BrN2O2/c1-11-8-14(18)16-15(9-11)19(2)17(21)20(16)10-12-4-6-13(22-3)7-5-12/h4-9H,10H2,1-3H3. The Morgan fingerprint density at radius 1 is 1.18 bits per heavy atom. The van der Waals surface area contributed by atoms with Crippen LogP contribution in [-0.2, 0) is 13.6 Å². The van der Waals surface area contributed by atoms with Gasteiger partial charge >= 0.3 is 5.69 Å². The Morgan fingerprint density at radius 2 is 1.86 bits per heavy atom. The van der Waals surface area contributed by atoms with Gasteiger partial charge in [0, 0.05) is 11.5 Å². The first-order valence-electron chi connectivity index (χ1n) is 6.99. The zero-order valence-electron chi connectivity index (χ0n) is 12.8. The molecule has 1 aromatic heterocycles. The van der Waals surface area contributed by atoms with Crippen molar-refractivity contribution in [3.63, 3.8) is 0 Å². The van der Waals surface area contributed by atoms with E-state index in [0.717, 1.165) is 32.4 Å². The average Bonchev–Trinajstić information content (AvgIpc) is 2.73. The Morgan fingerprint density at radius 3 is 2.50 bits per heavy atom. The molecule has 0 atom stereocenters. The molecule has 0 amide bonds. The van der Waals surface area contributed by atoms with Crippen molar-refractivity contribution in [2.75, 3.05) is 7.11 Å². The van der Waals surface area contributed by atoms with Gasteiger partial charge in [-0.3, -0.25) is 9.13 Å². The maximum absolute atomic E-state index is 12.6. The van der Waals surface area contributed by atoms with Gasteiger partial charge in [0.05, 0.1) is 24.7 Å². The highest BCUT2D eigenvalue weighted by Gasteiger charge is 2.14. The summed E-state index contributed by atoms with van der Waals surface area (Å²) in [6.45, 7) is 2.55. The zero-order valence-corrected chi connectivity index (χ0v) is 14.3. The first kappa shape index (κ1) is 14.9. The third kappa shape index (κ3) is 2.46. The average molecular weight is 361 g/mol. The van der Waals surface area contributed by atoms with Gasteiger partial charge < -0.3 is 4.74 Å². The number of imidazole rings is 1. The van der Waals surface area contributed by atoms with Crippen LogP contribution in [0.4, 0.5) is 0 Å². The number of rotatable bonds is 3. The topological polar surface area (TPSA) is 36.2 Å². The number of hydrogen-bond acceptors (Lipinski definition) is 2. The number of fused-ring (bicyclic) bond motifs is 1.